The fourth-order valence-electron chi connectivity index (χ4n) is 1.96. The number of aliphatic hydroxyl groups excluding tert-OH is 1. The van der Waals surface area contributed by atoms with Crippen LogP contribution in [0.4, 0.5) is 0 Å². The molecule has 1 saturated heterocycles. The van der Waals surface area contributed by atoms with E-state index in [1.807, 2.05) is 0 Å². The van der Waals surface area contributed by atoms with Crippen LogP contribution in [0.3, 0.4) is 0 Å². The fraction of sp³-hybridized carbons (Fsp3) is 0.800. The van der Waals surface area contributed by atoms with Crippen LogP contribution >= 0.6 is 11.6 Å². The molecule has 0 aromatic rings. The van der Waals surface area contributed by atoms with Crippen molar-refractivity contribution in [3.8, 4) is 0 Å². The van der Waals surface area contributed by atoms with Crippen LogP contribution in [0.15, 0.2) is 11.6 Å². The number of likely N-dealkylation sites (tertiary alicyclic amines) is 1. The molecule has 0 spiro atoms. The Balaban J connectivity index is 2.28. The molecule has 0 bridgehead atoms. The monoisotopic (exact) mass is 203 g/mol. The van der Waals surface area contributed by atoms with Gasteiger partial charge in [-0.05, 0) is 31.7 Å². The van der Waals surface area contributed by atoms with Gasteiger partial charge in [0.05, 0.1) is 0 Å². The third kappa shape index (κ3) is 4.12. The third-order valence-corrected chi connectivity index (χ3v) is 2.66. The van der Waals surface area contributed by atoms with Crippen LogP contribution < -0.4 is 0 Å². The summed E-state index contributed by atoms with van der Waals surface area (Å²) in [7, 11) is 0. The molecule has 3 heteroatoms. The lowest BCUT2D eigenvalue weighted by Crippen LogP contribution is -2.36. The van der Waals surface area contributed by atoms with E-state index in [1.165, 1.54) is 12.8 Å². The van der Waals surface area contributed by atoms with E-state index in [0.717, 1.165) is 26.1 Å². The van der Waals surface area contributed by atoms with E-state index in [1.54, 1.807) is 0 Å². The van der Waals surface area contributed by atoms with Gasteiger partial charge in [-0.1, -0.05) is 18.2 Å². The second-order valence-electron chi connectivity index (χ2n) is 3.77. The predicted octanol–water partition coefficient (Wildman–Crippen LogP) is 1.83. The third-order valence-electron chi connectivity index (χ3n) is 2.54. The van der Waals surface area contributed by atoms with Gasteiger partial charge in [0.15, 0.2) is 0 Å². The fourth-order valence-corrected chi connectivity index (χ4v) is 2.12. The Morgan fingerprint density at radius 1 is 1.62 bits per heavy atom. The van der Waals surface area contributed by atoms with Gasteiger partial charge in [-0.15, -0.1) is 0 Å². The average Bonchev–Trinajstić information content (AvgIpc) is 2.04. The van der Waals surface area contributed by atoms with Gasteiger partial charge in [0, 0.05) is 24.7 Å². The van der Waals surface area contributed by atoms with Crippen molar-refractivity contribution >= 4 is 11.6 Å². The van der Waals surface area contributed by atoms with E-state index in [-0.39, 0.29) is 0 Å². The molecule has 1 atom stereocenters. The van der Waals surface area contributed by atoms with Crippen LogP contribution in [0.25, 0.3) is 0 Å². The zero-order valence-electron chi connectivity index (χ0n) is 8.01. The molecule has 0 amide bonds. The molecule has 0 radical (unpaired) electrons. The first-order valence-electron chi connectivity index (χ1n) is 4.89. The summed E-state index contributed by atoms with van der Waals surface area (Å²) >= 11 is 5.75. The first-order chi connectivity index (χ1) is 6.22. The summed E-state index contributed by atoms with van der Waals surface area (Å²) in [6, 6.07) is 0. The van der Waals surface area contributed by atoms with Gasteiger partial charge < -0.3 is 5.11 Å². The van der Waals surface area contributed by atoms with E-state index in [4.69, 9.17) is 16.7 Å². The number of piperidine rings is 1. The minimum Gasteiger partial charge on any atom is -0.396 e. The second kappa shape index (κ2) is 5.63. The highest BCUT2D eigenvalue weighted by atomic mass is 35.5. The maximum absolute atomic E-state index is 8.82. The molecule has 1 unspecified atom stereocenters. The molecular weight excluding hydrogens is 186 g/mol. The SMILES string of the molecule is C=C(Cl)CN1CCCC(CCO)C1. The molecule has 76 valence electrons. The minimum atomic E-state index is 0.306. The lowest BCUT2D eigenvalue weighted by atomic mass is 9.95. The maximum Gasteiger partial charge on any atom is 0.0434 e. The molecule has 1 aliphatic rings. The summed E-state index contributed by atoms with van der Waals surface area (Å²) in [4.78, 5) is 2.32. The van der Waals surface area contributed by atoms with Crippen molar-refractivity contribution in [2.75, 3.05) is 26.2 Å². The van der Waals surface area contributed by atoms with Crippen molar-refractivity contribution in [2.45, 2.75) is 19.3 Å². The molecule has 1 N–H and O–H groups in total. The number of hydrogen-bond donors (Lipinski definition) is 1. The van der Waals surface area contributed by atoms with Crippen molar-refractivity contribution in [1.82, 2.24) is 4.90 Å². The highest BCUT2D eigenvalue weighted by molar-refractivity contribution is 6.29. The van der Waals surface area contributed by atoms with Gasteiger partial charge in [0.1, 0.15) is 0 Å². The van der Waals surface area contributed by atoms with Crippen molar-refractivity contribution in [3.05, 3.63) is 11.6 Å². The van der Waals surface area contributed by atoms with Crippen LogP contribution in [0.1, 0.15) is 19.3 Å². The number of nitrogens with zero attached hydrogens (tertiary/aromatic N) is 1. The molecular formula is C10H18ClNO. The van der Waals surface area contributed by atoms with Crippen LogP contribution in [-0.4, -0.2) is 36.2 Å². The molecule has 0 aromatic heterocycles. The average molecular weight is 204 g/mol. The van der Waals surface area contributed by atoms with Gasteiger partial charge in [-0.2, -0.15) is 0 Å². The van der Waals surface area contributed by atoms with Crippen LogP contribution in [0.2, 0.25) is 0 Å². The Hall–Kier alpha value is -0.0500. The van der Waals surface area contributed by atoms with Crippen molar-refractivity contribution in [1.29, 1.82) is 0 Å². The summed E-state index contributed by atoms with van der Waals surface area (Å²) < 4.78 is 0. The predicted molar refractivity (Wildman–Crippen MR) is 55.9 cm³/mol. The van der Waals surface area contributed by atoms with Crippen molar-refractivity contribution in [3.63, 3.8) is 0 Å². The Bertz CT molecular complexity index is 170. The van der Waals surface area contributed by atoms with Crippen LogP contribution in [0, 0.1) is 5.92 Å². The molecule has 1 aliphatic heterocycles. The number of rotatable bonds is 4. The number of halogens is 1. The van der Waals surface area contributed by atoms with E-state index in [9.17, 15) is 0 Å². The summed E-state index contributed by atoms with van der Waals surface area (Å²) in [5.41, 5.74) is 0. The molecule has 1 rings (SSSR count). The Kier molecular flexibility index (Phi) is 4.78. The second-order valence-corrected chi connectivity index (χ2v) is 4.31. The molecule has 2 nitrogen and oxygen atoms in total. The smallest absolute Gasteiger partial charge is 0.0434 e. The Morgan fingerprint density at radius 3 is 3.00 bits per heavy atom. The summed E-state index contributed by atoms with van der Waals surface area (Å²) in [5, 5.41) is 9.54. The number of aliphatic hydroxyl groups is 1. The zero-order chi connectivity index (χ0) is 9.68. The van der Waals surface area contributed by atoms with E-state index < -0.39 is 0 Å². The van der Waals surface area contributed by atoms with Crippen LogP contribution in [-0.2, 0) is 0 Å². The first kappa shape index (κ1) is 11.0. The quantitative estimate of drug-likeness (QED) is 0.754. The van der Waals surface area contributed by atoms with E-state index in [2.05, 4.69) is 11.5 Å². The molecule has 0 aromatic carbocycles. The van der Waals surface area contributed by atoms with Crippen LogP contribution in [0.5, 0.6) is 0 Å². The van der Waals surface area contributed by atoms with Crippen molar-refractivity contribution < 1.29 is 5.11 Å². The highest BCUT2D eigenvalue weighted by Crippen LogP contribution is 2.20. The lowest BCUT2D eigenvalue weighted by molar-refractivity contribution is 0.158. The van der Waals surface area contributed by atoms with Gasteiger partial charge in [0.2, 0.25) is 0 Å². The van der Waals surface area contributed by atoms with Gasteiger partial charge >= 0.3 is 0 Å². The normalized spacial score (nSPS) is 24.6. The Labute approximate surface area is 85.2 Å². The largest absolute Gasteiger partial charge is 0.396 e. The lowest BCUT2D eigenvalue weighted by Gasteiger charge is -2.32. The van der Waals surface area contributed by atoms with Gasteiger partial charge in [-0.3, -0.25) is 4.90 Å². The standard InChI is InChI=1S/C10H18ClNO/c1-9(11)7-12-5-2-3-10(8-12)4-6-13/h10,13H,1-8H2. The zero-order valence-corrected chi connectivity index (χ0v) is 8.76. The van der Waals surface area contributed by atoms with Crippen molar-refractivity contribution in [2.24, 2.45) is 5.92 Å². The van der Waals surface area contributed by atoms with Gasteiger partial charge in [0.25, 0.3) is 0 Å². The summed E-state index contributed by atoms with van der Waals surface area (Å²) in [6.07, 6.45) is 3.38. The summed E-state index contributed by atoms with van der Waals surface area (Å²) in [5.74, 6) is 0.648. The topological polar surface area (TPSA) is 23.5 Å². The minimum absolute atomic E-state index is 0.306. The maximum atomic E-state index is 8.82. The highest BCUT2D eigenvalue weighted by Gasteiger charge is 2.19. The molecule has 0 aliphatic carbocycles. The molecule has 13 heavy (non-hydrogen) atoms. The first-order valence-corrected chi connectivity index (χ1v) is 5.26. The number of hydrogen-bond acceptors (Lipinski definition) is 2. The van der Waals surface area contributed by atoms with E-state index >= 15 is 0 Å². The molecule has 1 fully saturated rings. The summed E-state index contributed by atoms with van der Waals surface area (Å²) in [6.45, 7) is 6.98. The molecule has 0 saturated carbocycles. The molecule has 1 heterocycles. The van der Waals surface area contributed by atoms with E-state index in [0.29, 0.717) is 17.6 Å². The Morgan fingerprint density at radius 2 is 2.38 bits per heavy atom. The van der Waals surface area contributed by atoms with Gasteiger partial charge in [-0.25, -0.2) is 0 Å².